The lowest BCUT2D eigenvalue weighted by atomic mass is 10.0. The minimum atomic E-state index is 0.689. The van der Waals surface area contributed by atoms with Crippen LogP contribution in [-0.4, -0.2) is 4.98 Å². The van der Waals surface area contributed by atoms with Crippen molar-refractivity contribution in [2.45, 2.75) is 6.92 Å². The van der Waals surface area contributed by atoms with Crippen LogP contribution in [-0.2, 0) is 0 Å². The van der Waals surface area contributed by atoms with Gasteiger partial charge in [-0.05, 0) is 30.7 Å². The molecule has 0 fully saturated rings. The number of aryl methyl sites for hydroxylation is 1. The molecule has 96 valence electrons. The second-order valence-electron chi connectivity index (χ2n) is 4.63. The third-order valence-corrected chi connectivity index (χ3v) is 3.35. The van der Waals surface area contributed by atoms with Crippen molar-refractivity contribution in [2.75, 3.05) is 5.32 Å². The molecule has 3 heteroatoms. The van der Waals surface area contributed by atoms with Gasteiger partial charge in [0.15, 0.2) is 0 Å². The Hall–Kier alpha value is -2.86. The van der Waals surface area contributed by atoms with E-state index in [-0.39, 0.29) is 0 Å². The molecule has 3 rings (SSSR count). The summed E-state index contributed by atoms with van der Waals surface area (Å²) >= 11 is 0. The van der Waals surface area contributed by atoms with Crippen molar-refractivity contribution in [3.05, 3.63) is 66.0 Å². The van der Waals surface area contributed by atoms with Gasteiger partial charge in [0, 0.05) is 22.7 Å². The third-order valence-electron chi connectivity index (χ3n) is 3.35. The average Bonchev–Trinajstić information content (AvgIpc) is 2.50. The molecule has 1 N–H and O–H groups in total. The lowest BCUT2D eigenvalue weighted by Gasteiger charge is -2.12. The number of nitrogens with zero attached hydrogens (tertiary/aromatic N) is 2. The van der Waals surface area contributed by atoms with Crippen LogP contribution in [0.25, 0.3) is 10.8 Å². The minimum Gasteiger partial charge on any atom is -0.354 e. The van der Waals surface area contributed by atoms with Crippen LogP contribution in [0, 0.1) is 18.3 Å². The van der Waals surface area contributed by atoms with Gasteiger partial charge < -0.3 is 5.32 Å². The van der Waals surface area contributed by atoms with Gasteiger partial charge in [-0.1, -0.05) is 24.3 Å². The summed E-state index contributed by atoms with van der Waals surface area (Å²) in [7, 11) is 0. The van der Waals surface area contributed by atoms with Crippen LogP contribution in [0.5, 0.6) is 0 Å². The van der Waals surface area contributed by atoms with E-state index in [1.165, 1.54) is 0 Å². The lowest BCUT2D eigenvalue weighted by Crippen LogP contribution is -1.95. The molecule has 0 saturated carbocycles. The largest absolute Gasteiger partial charge is 0.354 e. The van der Waals surface area contributed by atoms with Crippen molar-refractivity contribution < 1.29 is 0 Å². The van der Waals surface area contributed by atoms with E-state index < -0.39 is 0 Å². The molecule has 0 radical (unpaired) electrons. The second-order valence-corrected chi connectivity index (χ2v) is 4.63. The third kappa shape index (κ3) is 2.08. The van der Waals surface area contributed by atoms with Gasteiger partial charge in [0.25, 0.3) is 0 Å². The number of hydrogen-bond donors (Lipinski definition) is 1. The van der Waals surface area contributed by atoms with E-state index in [1.54, 1.807) is 6.20 Å². The number of nitriles is 1. The second kappa shape index (κ2) is 5.02. The summed E-state index contributed by atoms with van der Waals surface area (Å²) in [6, 6.07) is 15.9. The molecule has 20 heavy (non-hydrogen) atoms. The molecule has 3 nitrogen and oxygen atoms in total. The number of nitrogens with one attached hydrogen (secondary N) is 1. The van der Waals surface area contributed by atoms with Gasteiger partial charge in [-0.2, -0.15) is 5.26 Å². The van der Waals surface area contributed by atoms with Crippen molar-refractivity contribution in [2.24, 2.45) is 0 Å². The Labute approximate surface area is 117 Å². The van der Waals surface area contributed by atoms with Gasteiger partial charge in [0.05, 0.1) is 23.5 Å². The zero-order valence-electron chi connectivity index (χ0n) is 11.1. The zero-order valence-corrected chi connectivity index (χ0v) is 11.1. The van der Waals surface area contributed by atoms with Crippen molar-refractivity contribution in [1.29, 1.82) is 5.26 Å². The molecule has 0 amide bonds. The molecule has 0 saturated heterocycles. The van der Waals surface area contributed by atoms with Crippen LogP contribution in [0.2, 0.25) is 0 Å². The van der Waals surface area contributed by atoms with E-state index in [0.717, 1.165) is 27.7 Å². The molecule has 1 aromatic heterocycles. The normalized spacial score (nSPS) is 10.2. The molecule has 0 bridgehead atoms. The lowest BCUT2D eigenvalue weighted by molar-refractivity contribution is 1.28. The predicted molar refractivity (Wildman–Crippen MR) is 80.9 cm³/mol. The minimum absolute atomic E-state index is 0.689. The first-order valence-electron chi connectivity index (χ1n) is 6.39. The fourth-order valence-corrected chi connectivity index (χ4v) is 2.25. The summed E-state index contributed by atoms with van der Waals surface area (Å²) in [5, 5.41) is 14.6. The molecule has 0 aliphatic rings. The quantitative estimate of drug-likeness (QED) is 0.751. The van der Waals surface area contributed by atoms with Crippen LogP contribution in [0.3, 0.4) is 0 Å². The number of pyridine rings is 1. The molecule has 2 aromatic carbocycles. The monoisotopic (exact) mass is 259 g/mol. The molecule has 0 spiro atoms. The maximum Gasteiger partial charge on any atom is 0.0998 e. The average molecular weight is 259 g/mol. The highest BCUT2D eigenvalue weighted by molar-refractivity contribution is 5.98. The molecule has 3 aromatic rings. The highest BCUT2D eigenvalue weighted by Crippen LogP contribution is 2.29. The SMILES string of the molecule is Cc1ccncc1Nc1ccc(C#N)c2ccccc12. The Morgan fingerprint density at radius 2 is 1.80 bits per heavy atom. The Bertz CT molecular complexity index is 816. The molecule has 1 heterocycles. The smallest absolute Gasteiger partial charge is 0.0998 e. The first-order valence-corrected chi connectivity index (χ1v) is 6.39. The first-order chi connectivity index (χ1) is 9.79. The number of fused-ring (bicyclic) bond motifs is 1. The first kappa shape index (κ1) is 12.2. The van der Waals surface area contributed by atoms with E-state index in [0.29, 0.717) is 5.56 Å². The Morgan fingerprint density at radius 1 is 1.00 bits per heavy atom. The summed E-state index contributed by atoms with van der Waals surface area (Å²) in [6.45, 7) is 2.04. The fraction of sp³-hybridized carbons (Fsp3) is 0.0588. The Balaban J connectivity index is 2.14. The van der Waals surface area contributed by atoms with Crippen LogP contribution < -0.4 is 5.32 Å². The van der Waals surface area contributed by atoms with Crippen LogP contribution >= 0.6 is 0 Å². The summed E-state index contributed by atoms with van der Waals surface area (Å²) in [6.07, 6.45) is 3.58. The summed E-state index contributed by atoms with van der Waals surface area (Å²) < 4.78 is 0. The van der Waals surface area contributed by atoms with E-state index in [9.17, 15) is 5.26 Å². The van der Waals surface area contributed by atoms with Gasteiger partial charge in [0.2, 0.25) is 0 Å². The zero-order chi connectivity index (χ0) is 13.9. The molecule has 0 atom stereocenters. The maximum atomic E-state index is 9.18. The van der Waals surface area contributed by atoms with E-state index in [4.69, 9.17) is 0 Å². The molecule has 0 aliphatic heterocycles. The highest BCUT2D eigenvalue weighted by Gasteiger charge is 2.06. The van der Waals surface area contributed by atoms with E-state index in [2.05, 4.69) is 16.4 Å². The number of benzene rings is 2. The van der Waals surface area contributed by atoms with Crippen LogP contribution in [0.1, 0.15) is 11.1 Å². The van der Waals surface area contributed by atoms with Gasteiger partial charge in [0.1, 0.15) is 0 Å². The number of aromatic nitrogens is 1. The Kier molecular flexibility index (Phi) is 3.06. The van der Waals surface area contributed by atoms with Crippen molar-refractivity contribution in [1.82, 2.24) is 4.98 Å². The molecule has 0 unspecified atom stereocenters. The van der Waals surface area contributed by atoms with Gasteiger partial charge in [-0.25, -0.2) is 0 Å². The molecular weight excluding hydrogens is 246 g/mol. The van der Waals surface area contributed by atoms with E-state index in [1.807, 2.05) is 55.6 Å². The number of hydrogen-bond acceptors (Lipinski definition) is 3. The summed E-state index contributed by atoms with van der Waals surface area (Å²) in [4.78, 5) is 4.14. The number of anilines is 2. The van der Waals surface area contributed by atoms with Crippen LogP contribution in [0.4, 0.5) is 11.4 Å². The van der Waals surface area contributed by atoms with Gasteiger partial charge >= 0.3 is 0 Å². The van der Waals surface area contributed by atoms with E-state index >= 15 is 0 Å². The van der Waals surface area contributed by atoms with Crippen molar-refractivity contribution in [3.63, 3.8) is 0 Å². The Morgan fingerprint density at radius 3 is 2.55 bits per heavy atom. The fourth-order valence-electron chi connectivity index (χ4n) is 2.25. The molecule has 0 aliphatic carbocycles. The highest BCUT2D eigenvalue weighted by atomic mass is 14.9. The van der Waals surface area contributed by atoms with Crippen LogP contribution in [0.15, 0.2) is 54.9 Å². The number of rotatable bonds is 2. The van der Waals surface area contributed by atoms with Crippen molar-refractivity contribution in [3.8, 4) is 6.07 Å². The summed E-state index contributed by atoms with van der Waals surface area (Å²) in [5.74, 6) is 0. The topological polar surface area (TPSA) is 48.7 Å². The van der Waals surface area contributed by atoms with Gasteiger partial charge in [-0.3, -0.25) is 4.98 Å². The van der Waals surface area contributed by atoms with Crippen molar-refractivity contribution >= 4 is 22.1 Å². The van der Waals surface area contributed by atoms with Gasteiger partial charge in [-0.15, -0.1) is 0 Å². The maximum absolute atomic E-state index is 9.18. The predicted octanol–water partition coefficient (Wildman–Crippen LogP) is 4.16. The molecular formula is C17H13N3. The standard InChI is InChI=1S/C17H13N3/c1-12-8-9-19-11-17(12)20-16-7-6-13(10-18)14-4-2-3-5-15(14)16/h2-9,11,20H,1H3. The summed E-state index contributed by atoms with van der Waals surface area (Å²) in [5.41, 5.74) is 3.78.